The summed E-state index contributed by atoms with van der Waals surface area (Å²) in [4.78, 5) is 26.2. The third kappa shape index (κ3) is 23.9. The molecule has 0 aromatic rings. The van der Waals surface area contributed by atoms with Crippen LogP contribution in [0.3, 0.4) is 0 Å². The van der Waals surface area contributed by atoms with Crippen molar-refractivity contribution in [1.29, 1.82) is 0 Å². The summed E-state index contributed by atoms with van der Waals surface area (Å²) in [5.41, 5.74) is 0. The number of likely N-dealkylation sites (N-methyl/N-ethyl adjacent to an activating group) is 1. The number of unbranched alkanes of at least 4 members (excludes halogenated alkanes) is 13. The van der Waals surface area contributed by atoms with Crippen LogP contribution in [-0.2, 0) is 18.6 Å². The van der Waals surface area contributed by atoms with Crippen LogP contribution in [0.25, 0.3) is 0 Å². The molecule has 0 aromatic carbocycles. The molecule has 0 spiro atoms. The molecule has 0 rings (SSSR count). The second-order valence-electron chi connectivity index (χ2n) is 11.7. The third-order valence-electron chi connectivity index (χ3n) is 6.49. The van der Waals surface area contributed by atoms with Crippen LogP contribution < -0.4 is 4.89 Å². The highest BCUT2D eigenvalue weighted by Crippen LogP contribution is 2.40. The number of carbonyl (C=O) groups excluding carboxylic acids is 1. The zero-order valence-corrected chi connectivity index (χ0v) is 25.5. The van der Waals surface area contributed by atoms with Gasteiger partial charge in [-0.1, -0.05) is 90.4 Å². The maximum atomic E-state index is 12.5. The first-order valence-electron chi connectivity index (χ1n) is 14.5. The van der Waals surface area contributed by atoms with Crippen molar-refractivity contribution in [2.24, 2.45) is 5.92 Å². The molecule has 0 aliphatic carbocycles. The highest BCUT2D eigenvalue weighted by molar-refractivity contribution is 7.51. The van der Waals surface area contributed by atoms with E-state index >= 15 is 0 Å². The summed E-state index contributed by atoms with van der Waals surface area (Å²) in [5.74, 6) is -0.481. The van der Waals surface area contributed by atoms with E-state index in [1.807, 2.05) is 21.1 Å². The Hall–Kier alpha value is -0.460. The fourth-order valence-electron chi connectivity index (χ4n) is 4.08. The molecule has 1 unspecified atom stereocenters. The Balaban J connectivity index is 4.00. The van der Waals surface area contributed by atoms with Crippen LogP contribution in [-0.4, -0.2) is 83.1 Å². The Bertz CT molecular complexity index is 581. The minimum absolute atomic E-state index is 0.0912. The quantitative estimate of drug-likeness (QED) is 0.0835. The molecule has 0 fully saturated rings. The fraction of sp³-hybridized carbons (Fsp3) is 0.964. The van der Waals surface area contributed by atoms with Gasteiger partial charge in [-0.15, -0.1) is 0 Å². The molecule has 0 N–H and O–H groups in total. The Morgan fingerprint density at radius 2 is 1.31 bits per heavy atom. The summed E-state index contributed by atoms with van der Waals surface area (Å²) >= 11 is 0. The van der Waals surface area contributed by atoms with E-state index in [4.69, 9.17) is 9.26 Å². The van der Waals surface area contributed by atoms with Crippen molar-refractivity contribution in [1.82, 2.24) is 4.90 Å². The van der Waals surface area contributed by atoms with Crippen LogP contribution in [0.1, 0.15) is 103 Å². The van der Waals surface area contributed by atoms with Gasteiger partial charge in [0.15, 0.2) is 0 Å². The molecule has 7 nitrogen and oxygen atoms in total. The molecule has 36 heavy (non-hydrogen) atoms. The minimum Gasteiger partial charge on any atom is -0.778 e. The molecule has 216 valence electrons. The number of ether oxygens (including phenoxy) is 1. The standard InChI is InChI=1S/C28H59N2O5P/c1-7-8-9-10-11-12-13-14-15-16-17-18-19-20-22-34-25-27(24-28(31)29(2)3)26-36(32,33)35-23-21-30(4,5)6/h27H,7-26H2,1-6H3/t27-/m0/s1/i4-1. The van der Waals surface area contributed by atoms with Crippen LogP contribution in [0.4, 0.5) is 0 Å². The lowest BCUT2D eigenvalue weighted by Gasteiger charge is -2.30. The van der Waals surface area contributed by atoms with E-state index in [2.05, 4.69) is 6.92 Å². The molecule has 8 heteroatoms. The van der Waals surface area contributed by atoms with E-state index in [0.717, 1.165) is 12.8 Å². The number of hydrogen-bond acceptors (Lipinski definition) is 5. The summed E-state index contributed by atoms with van der Waals surface area (Å²) in [7, 11) is 5.31. The zero-order chi connectivity index (χ0) is 27.3. The van der Waals surface area contributed by atoms with Crippen LogP contribution >= 0.6 is 7.60 Å². The summed E-state index contributed by atoms with van der Waals surface area (Å²) in [5, 5.41) is 0. The Morgan fingerprint density at radius 3 is 1.75 bits per heavy atom. The first-order valence-corrected chi connectivity index (χ1v) is 16.2. The van der Waals surface area contributed by atoms with Gasteiger partial charge in [0.1, 0.15) is 20.7 Å². The second-order valence-corrected chi connectivity index (χ2v) is 13.5. The van der Waals surface area contributed by atoms with Crippen molar-refractivity contribution in [2.75, 3.05) is 67.8 Å². The molecule has 0 aliphatic heterocycles. The van der Waals surface area contributed by atoms with Gasteiger partial charge in [0.05, 0.1) is 27.7 Å². The van der Waals surface area contributed by atoms with Crippen LogP contribution in [0, 0.1) is 5.92 Å². The van der Waals surface area contributed by atoms with E-state index in [1.54, 1.807) is 14.1 Å². The summed E-state index contributed by atoms with van der Waals surface area (Å²) in [6, 6.07) is 0. The molecule has 0 bridgehead atoms. The molecule has 0 radical (unpaired) electrons. The van der Waals surface area contributed by atoms with Crippen LogP contribution in [0.15, 0.2) is 0 Å². The number of nitrogens with zero attached hydrogens (tertiary/aromatic N) is 2. The molecule has 2 atom stereocenters. The van der Waals surface area contributed by atoms with Gasteiger partial charge in [-0.05, 0) is 12.3 Å². The molecule has 1 amide bonds. The number of hydrogen-bond donors (Lipinski definition) is 0. The largest absolute Gasteiger partial charge is 0.778 e. The average molecular weight is 534 g/mol. The molecule has 0 heterocycles. The highest BCUT2D eigenvalue weighted by Gasteiger charge is 2.22. The van der Waals surface area contributed by atoms with Gasteiger partial charge in [-0.2, -0.15) is 0 Å². The molecule has 0 aliphatic rings. The van der Waals surface area contributed by atoms with Gasteiger partial charge >= 0.3 is 0 Å². The Kier molecular flexibility index (Phi) is 21.2. The van der Waals surface area contributed by atoms with Gasteiger partial charge in [0.2, 0.25) is 5.91 Å². The lowest BCUT2D eigenvalue weighted by atomic mass is 10.0. The predicted molar refractivity (Wildman–Crippen MR) is 149 cm³/mol. The van der Waals surface area contributed by atoms with Crippen molar-refractivity contribution in [3.05, 3.63) is 0 Å². The predicted octanol–water partition coefficient (Wildman–Crippen LogP) is 5.86. The molecular weight excluding hydrogens is 474 g/mol. The van der Waals surface area contributed by atoms with E-state index in [1.165, 1.54) is 81.9 Å². The topological polar surface area (TPSA) is 78.9 Å². The number of carbonyl (C=O) groups is 1. The zero-order valence-electron chi connectivity index (χ0n) is 24.6. The fourth-order valence-corrected chi connectivity index (χ4v) is 5.41. The Morgan fingerprint density at radius 1 is 0.833 bits per heavy atom. The lowest BCUT2D eigenvalue weighted by Crippen LogP contribution is -2.37. The van der Waals surface area contributed by atoms with Crippen LogP contribution in [0.2, 0.25) is 0 Å². The second kappa shape index (κ2) is 21.5. The van der Waals surface area contributed by atoms with Crippen LogP contribution in [0.5, 0.6) is 0 Å². The normalized spacial score (nSPS) is 14.5. The Labute approximate surface area is 223 Å². The molecular formula is C28H59N2O5P. The maximum absolute atomic E-state index is 12.5. The summed E-state index contributed by atoms with van der Waals surface area (Å²) in [6.07, 6.45) is 18.3. The van der Waals surface area contributed by atoms with Crippen molar-refractivity contribution < 1.29 is 28.0 Å². The van der Waals surface area contributed by atoms with E-state index in [0.29, 0.717) is 17.6 Å². The van der Waals surface area contributed by atoms with Gasteiger partial charge in [0.25, 0.3) is 0 Å². The minimum atomic E-state index is -4.02. The first kappa shape index (κ1) is 35.5. The molecule has 0 saturated heterocycles. The molecule has 0 aromatic heterocycles. The smallest absolute Gasteiger partial charge is 0.222 e. The van der Waals surface area contributed by atoms with E-state index < -0.39 is 7.60 Å². The van der Waals surface area contributed by atoms with E-state index in [-0.39, 0.29) is 37.6 Å². The average Bonchev–Trinajstić information content (AvgIpc) is 2.77. The van der Waals surface area contributed by atoms with Crippen molar-refractivity contribution >= 4 is 13.5 Å². The van der Waals surface area contributed by atoms with Gasteiger partial charge < -0.3 is 28.1 Å². The SMILES string of the molecule is CCCCCCCCCCCCCCCCOC[C@H](CC(=O)N(C)C)CP(=O)([O-])OCC[N+](C)(C)[11CH3]. The van der Waals surface area contributed by atoms with Gasteiger partial charge in [-0.3, -0.25) is 4.79 Å². The summed E-state index contributed by atoms with van der Waals surface area (Å²) < 4.78 is 24.1. The summed E-state index contributed by atoms with van der Waals surface area (Å²) in [6.45, 7) is 3.89. The van der Waals surface area contributed by atoms with Crippen molar-refractivity contribution in [2.45, 2.75) is 103 Å². The number of quaternary nitrogens is 1. The van der Waals surface area contributed by atoms with Gasteiger partial charge in [0, 0.05) is 33.3 Å². The van der Waals surface area contributed by atoms with E-state index in [9.17, 15) is 14.3 Å². The number of amides is 1. The van der Waals surface area contributed by atoms with Crippen molar-refractivity contribution in [3.63, 3.8) is 0 Å². The third-order valence-corrected chi connectivity index (χ3v) is 8.03. The van der Waals surface area contributed by atoms with Gasteiger partial charge in [-0.25, -0.2) is 0 Å². The monoisotopic (exact) mass is 533 g/mol. The van der Waals surface area contributed by atoms with Crippen molar-refractivity contribution in [3.8, 4) is 0 Å². The maximum Gasteiger partial charge on any atom is 0.222 e. The first-order chi connectivity index (χ1) is 17.0. The number of rotatable bonds is 25. The lowest BCUT2D eigenvalue weighted by molar-refractivity contribution is -0.870. The molecule has 0 saturated carbocycles. The highest BCUT2D eigenvalue weighted by atomic mass is 31.2.